The molecule has 0 bridgehead atoms. The summed E-state index contributed by atoms with van der Waals surface area (Å²) < 4.78 is 2.08. The van der Waals surface area contributed by atoms with E-state index in [0.29, 0.717) is 12.5 Å². The number of aromatic nitrogens is 3. The van der Waals surface area contributed by atoms with E-state index >= 15 is 0 Å². The van der Waals surface area contributed by atoms with Gasteiger partial charge >= 0.3 is 0 Å². The van der Waals surface area contributed by atoms with Gasteiger partial charge in [-0.2, -0.15) is 0 Å². The van der Waals surface area contributed by atoms with Gasteiger partial charge in [-0.1, -0.05) is 6.07 Å². The van der Waals surface area contributed by atoms with Gasteiger partial charge in [-0.15, -0.1) is 10.2 Å². The van der Waals surface area contributed by atoms with Crippen LogP contribution in [0, 0.1) is 0 Å². The van der Waals surface area contributed by atoms with E-state index in [0.717, 1.165) is 56.2 Å². The summed E-state index contributed by atoms with van der Waals surface area (Å²) in [4.78, 5) is 17.1. The van der Waals surface area contributed by atoms with Crippen molar-refractivity contribution in [3.05, 3.63) is 54.5 Å². The lowest BCUT2D eigenvalue weighted by Crippen LogP contribution is -2.39. The number of fused-ring (bicyclic) bond motifs is 1. The number of anilines is 2. The van der Waals surface area contributed by atoms with Crippen molar-refractivity contribution in [3.8, 4) is 0 Å². The van der Waals surface area contributed by atoms with Crippen LogP contribution < -0.4 is 10.2 Å². The number of hydrogen-bond donors (Lipinski definition) is 1. The zero-order chi connectivity index (χ0) is 20.3. The molecule has 3 aromatic rings. The average Bonchev–Trinajstić information content (AvgIpc) is 3.45. The van der Waals surface area contributed by atoms with Gasteiger partial charge in [-0.05, 0) is 75.2 Å². The predicted octanol–water partition coefficient (Wildman–Crippen LogP) is 3.15. The summed E-state index contributed by atoms with van der Waals surface area (Å²) in [7, 11) is 0. The summed E-state index contributed by atoms with van der Waals surface area (Å²) in [6.45, 7) is 4.49. The molecule has 0 spiro atoms. The highest BCUT2D eigenvalue weighted by molar-refractivity contribution is 5.92. The molecule has 2 aliphatic rings. The SMILES string of the molecule is O=C(CN1CCC(c2nnc3ccccn23)CC1)Nc1ccc(N2CCCC2)cc1. The van der Waals surface area contributed by atoms with E-state index in [4.69, 9.17) is 0 Å². The Bertz CT molecular complexity index is 1000. The summed E-state index contributed by atoms with van der Waals surface area (Å²) in [6, 6.07) is 14.2. The normalized spacial score (nSPS) is 18.2. The Kier molecular flexibility index (Phi) is 5.36. The molecule has 2 fully saturated rings. The van der Waals surface area contributed by atoms with Crippen LogP contribution in [-0.2, 0) is 4.79 Å². The van der Waals surface area contributed by atoms with Gasteiger partial charge in [0, 0.05) is 36.6 Å². The van der Waals surface area contributed by atoms with Crippen LogP contribution in [-0.4, -0.2) is 58.1 Å². The van der Waals surface area contributed by atoms with Crippen LogP contribution in [0.15, 0.2) is 48.7 Å². The number of nitrogens with zero attached hydrogens (tertiary/aromatic N) is 5. The lowest BCUT2D eigenvalue weighted by molar-refractivity contribution is -0.117. The monoisotopic (exact) mass is 404 g/mol. The van der Waals surface area contributed by atoms with Crippen LogP contribution in [0.3, 0.4) is 0 Å². The van der Waals surface area contributed by atoms with Gasteiger partial charge in [0.25, 0.3) is 0 Å². The topological polar surface area (TPSA) is 65.8 Å². The van der Waals surface area contributed by atoms with Crippen molar-refractivity contribution in [3.63, 3.8) is 0 Å². The van der Waals surface area contributed by atoms with Crippen molar-refractivity contribution in [2.75, 3.05) is 42.9 Å². The average molecular weight is 405 g/mol. The van der Waals surface area contributed by atoms with Crippen LogP contribution in [0.5, 0.6) is 0 Å². The Balaban J connectivity index is 1.12. The first-order chi connectivity index (χ1) is 14.8. The van der Waals surface area contributed by atoms with E-state index in [9.17, 15) is 4.79 Å². The maximum Gasteiger partial charge on any atom is 0.238 e. The molecule has 0 atom stereocenters. The standard InChI is InChI=1S/C23H28N6O/c30-22(24-19-6-8-20(9-7-19)28-12-3-4-13-28)17-27-15-10-18(11-16-27)23-26-25-21-5-1-2-14-29(21)23/h1-2,5-9,14,18H,3-4,10-13,15-17H2,(H,24,30). The van der Waals surface area contributed by atoms with Crippen molar-refractivity contribution in [2.24, 2.45) is 0 Å². The van der Waals surface area contributed by atoms with E-state index in [-0.39, 0.29) is 5.91 Å². The molecular weight excluding hydrogens is 376 g/mol. The van der Waals surface area contributed by atoms with Crippen LogP contribution in [0.1, 0.15) is 37.4 Å². The van der Waals surface area contributed by atoms with Gasteiger partial charge in [-0.25, -0.2) is 0 Å². The van der Waals surface area contributed by atoms with Crippen molar-refractivity contribution >= 4 is 22.9 Å². The van der Waals surface area contributed by atoms with Crippen molar-refractivity contribution < 1.29 is 4.79 Å². The number of likely N-dealkylation sites (tertiary alicyclic amines) is 1. The summed E-state index contributed by atoms with van der Waals surface area (Å²) >= 11 is 0. The maximum absolute atomic E-state index is 12.5. The maximum atomic E-state index is 12.5. The Morgan fingerprint density at radius 3 is 2.50 bits per heavy atom. The second-order valence-corrected chi connectivity index (χ2v) is 8.33. The van der Waals surface area contributed by atoms with Crippen LogP contribution in [0.4, 0.5) is 11.4 Å². The first-order valence-electron chi connectivity index (χ1n) is 10.9. The molecule has 156 valence electrons. The molecule has 1 N–H and O–H groups in total. The Morgan fingerprint density at radius 2 is 1.73 bits per heavy atom. The van der Waals surface area contributed by atoms with Gasteiger partial charge < -0.3 is 10.2 Å². The first kappa shape index (κ1) is 19.1. The number of amides is 1. The largest absolute Gasteiger partial charge is 0.372 e. The molecule has 1 aromatic carbocycles. The Hall–Kier alpha value is -2.93. The lowest BCUT2D eigenvalue weighted by Gasteiger charge is -2.30. The fourth-order valence-electron chi connectivity index (χ4n) is 4.62. The van der Waals surface area contributed by atoms with Gasteiger partial charge in [0.05, 0.1) is 6.54 Å². The zero-order valence-electron chi connectivity index (χ0n) is 17.2. The summed E-state index contributed by atoms with van der Waals surface area (Å²) in [5, 5.41) is 11.7. The number of nitrogens with one attached hydrogen (secondary N) is 1. The van der Waals surface area contributed by atoms with Crippen LogP contribution in [0.2, 0.25) is 0 Å². The molecular formula is C23H28N6O. The molecule has 0 radical (unpaired) electrons. The molecule has 5 rings (SSSR count). The summed E-state index contributed by atoms with van der Waals surface area (Å²) in [5.41, 5.74) is 3.01. The quantitative estimate of drug-likeness (QED) is 0.708. The van der Waals surface area contributed by atoms with Gasteiger partial charge in [0.2, 0.25) is 5.91 Å². The van der Waals surface area contributed by atoms with Gasteiger partial charge in [0.15, 0.2) is 5.65 Å². The van der Waals surface area contributed by atoms with E-state index < -0.39 is 0 Å². The second-order valence-electron chi connectivity index (χ2n) is 8.33. The predicted molar refractivity (Wildman–Crippen MR) is 118 cm³/mol. The lowest BCUT2D eigenvalue weighted by atomic mass is 9.96. The highest BCUT2D eigenvalue weighted by atomic mass is 16.2. The minimum Gasteiger partial charge on any atom is -0.372 e. The minimum atomic E-state index is 0.0512. The number of pyridine rings is 1. The second kappa shape index (κ2) is 8.44. The first-order valence-corrected chi connectivity index (χ1v) is 10.9. The number of carbonyl (C=O) groups is 1. The number of rotatable bonds is 5. The molecule has 0 unspecified atom stereocenters. The van der Waals surface area contributed by atoms with E-state index in [1.54, 1.807) is 0 Å². The molecule has 7 heteroatoms. The molecule has 1 amide bonds. The smallest absolute Gasteiger partial charge is 0.238 e. The molecule has 30 heavy (non-hydrogen) atoms. The van der Waals surface area contributed by atoms with Crippen molar-refractivity contribution in [1.29, 1.82) is 0 Å². The number of piperidine rings is 1. The van der Waals surface area contributed by atoms with E-state index in [2.05, 4.69) is 41.8 Å². The third-order valence-corrected chi connectivity index (χ3v) is 6.28. The third-order valence-electron chi connectivity index (χ3n) is 6.28. The molecule has 7 nitrogen and oxygen atoms in total. The number of hydrogen-bond acceptors (Lipinski definition) is 5. The van der Waals surface area contributed by atoms with Crippen molar-refractivity contribution in [2.45, 2.75) is 31.6 Å². The highest BCUT2D eigenvalue weighted by Gasteiger charge is 2.25. The zero-order valence-corrected chi connectivity index (χ0v) is 17.2. The highest BCUT2D eigenvalue weighted by Crippen LogP contribution is 2.27. The Labute approximate surface area is 176 Å². The van der Waals surface area contributed by atoms with Crippen molar-refractivity contribution in [1.82, 2.24) is 19.5 Å². The van der Waals surface area contributed by atoms with Crippen LogP contribution >= 0.6 is 0 Å². The number of carbonyl (C=O) groups excluding carboxylic acids is 1. The van der Waals surface area contributed by atoms with Gasteiger partial charge in [0.1, 0.15) is 5.82 Å². The van der Waals surface area contributed by atoms with Gasteiger partial charge in [-0.3, -0.25) is 14.1 Å². The Morgan fingerprint density at radius 1 is 0.967 bits per heavy atom. The molecule has 2 saturated heterocycles. The van der Waals surface area contributed by atoms with Crippen LogP contribution in [0.25, 0.3) is 5.65 Å². The molecule has 2 aromatic heterocycles. The molecule has 4 heterocycles. The molecule has 0 saturated carbocycles. The molecule has 0 aliphatic carbocycles. The fraction of sp³-hybridized carbons (Fsp3) is 0.435. The minimum absolute atomic E-state index is 0.0512. The van der Waals surface area contributed by atoms with E-state index in [1.165, 1.54) is 18.5 Å². The number of benzene rings is 1. The molecule has 2 aliphatic heterocycles. The summed E-state index contributed by atoms with van der Waals surface area (Å²) in [6.07, 6.45) is 6.55. The third kappa shape index (κ3) is 4.03. The summed E-state index contributed by atoms with van der Waals surface area (Å²) in [5.74, 6) is 1.47. The van der Waals surface area contributed by atoms with E-state index in [1.807, 2.05) is 36.5 Å². The fourth-order valence-corrected chi connectivity index (χ4v) is 4.62.